The summed E-state index contributed by atoms with van der Waals surface area (Å²) in [4.78, 5) is 19.2. The summed E-state index contributed by atoms with van der Waals surface area (Å²) < 4.78 is 0. The van der Waals surface area contributed by atoms with Gasteiger partial charge in [0.15, 0.2) is 16.6 Å². The fourth-order valence-electron chi connectivity index (χ4n) is 1.50. The van der Waals surface area contributed by atoms with E-state index >= 15 is 0 Å². The zero-order valence-corrected chi connectivity index (χ0v) is 24.6. The minimum atomic E-state index is -1.67. The van der Waals surface area contributed by atoms with Crippen molar-refractivity contribution in [3.63, 3.8) is 0 Å². The first-order valence-electron chi connectivity index (χ1n) is 10.6. The molecule has 0 aliphatic heterocycles. The molecule has 0 rings (SSSR count). The van der Waals surface area contributed by atoms with E-state index in [0.29, 0.717) is 25.0 Å². The summed E-state index contributed by atoms with van der Waals surface area (Å²) in [5.74, 6) is 0.880. The van der Waals surface area contributed by atoms with Crippen LogP contribution in [0.1, 0.15) is 69.2 Å². The summed E-state index contributed by atoms with van der Waals surface area (Å²) in [6, 6.07) is 6.08. The van der Waals surface area contributed by atoms with Crippen LogP contribution in [0, 0.1) is 11.8 Å². The summed E-state index contributed by atoms with van der Waals surface area (Å²) in [5.41, 5.74) is 0. The molecule has 0 aromatic rings. The van der Waals surface area contributed by atoms with Gasteiger partial charge in [-0.05, 0) is 48.1 Å². The van der Waals surface area contributed by atoms with Crippen molar-refractivity contribution < 1.29 is 46.0 Å². The van der Waals surface area contributed by atoms with Gasteiger partial charge in [-0.2, -0.15) is 0 Å². The molecular formula is C20H52O4Si2Zr. The molecule has 4 N–H and O–H groups in total. The summed E-state index contributed by atoms with van der Waals surface area (Å²) in [6.45, 7) is 21.0. The Bertz CT molecular complexity index is 218. The number of hydrogen-bond acceptors (Lipinski definition) is 4. The molecule has 0 heterocycles. The predicted molar refractivity (Wildman–Crippen MR) is 123 cm³/mol. The van der Waals surface area contributed by atoms with Crippen molar-refractivity contribution in [3.05, 3.63) is 0 Å². The van der Waals surface area contributed by atoms with Gasteiger partial charge in [0.2, 0.25) is 0 Å². The molecule has 0 aromatic carbocycles. The minimum Gasteiger partial charge on any atom is -0.432 e. The van der Waals surface area contributed by atoms with Gasteiger partial charge in [-0.1, -0.05) is 69.2 Å². The fourth-order valence-corrected chi connectivity index (χ4v) is 4.50. The summed E-state index contributed by atoms with van der Waals surface area (Å²) >= 11 is 0. The number of hydrogen-bond donors (Lipinski definition) is 4. The smallest absolute Gasteiger partial charge is 0.187 e. The SMILES string of the molecule is CC(C)CO.CC(C)CO.CC[Si](O)(CC)CC.CC[Si](O)(CC)CC.[Zr]. The Morgan fingerprint density at radius 3 is 0.630 bits per heavy atom. The average Bonchev–Trinajstić information content (AvgIpc) is 2.67. The van der Waals surface area contributed by atoms with Crippen molar-refractivity contribution in [2.75, 3.05) is 13.2 Å². The van der Waals surface area contributed by atoms with Crippen LogP contribution in [0.2, 0.25) is 36.3 Å². The predicted octanol–water partition coefficient (Wildman–Crippen LogP) is 5.23. The van der Waals surface area contributed by atoms with E-state index in [1.807, 2.05) is 27.7 Å². The zero-order chi connectivity index (χ0) is 21.8. The van der Waals surface area contributed by atoms with Gasteiger partial charge in [0.25, 0.3) is 0 Å². The molecule has 0 amide bonds. The molecule has 0 radical (unpaired) electrons. The van der Waals surface area contributed by atoms with E-state index in [4.69, 9.17) is 10.2 Å². The van der Waals surface area contributed by atoms with E-state index in [2.05, 4.69) is 41.5 Å². The van der Waals surface area contributed by atoms with Gasteiger partial charge in [-0.25, -0.2) is 0 Å². The minimum absolute atomic E-state index is 0. The van der Waals surface area contributed by atoms with Crippen LogP contribution >= 0.6 is 0 Å². The molecule has 0 aliphatic rings. The maximum atomic E-state index is 9.58. The standard InChI is InChI=1S/2C6H16OSi.2C4H10O.Zr/c2*1-4-8(7,5-2)6-3;2*1-4(2)3-5;/h2*7H,4-6H2,1-3H3;2*4-5H,3H2,1-2H3;. The van der Waals surface area contributed by atoms with E-state index < -0.39 is 16.6 Å². The van der Waals surface area contributed by atoms with Crippen LogP contribution in [0.4, 0.5) is 0 Å². The average molecular weight is 504 g/mol. The van der Waals surface area contributed by atoms with Crippen LogP contribution in [-0.2, 0) is 26.2 Å². The van der Waals surface area contributed by atoms with E-state index in [-0.39, 0.29) is 26.2 Å². The normalized spacial score (nSPS) is 10.7. The monoisotopic (exact) mass is 502 g/mol. The molecule has 27 heavy (non-hydrogen) atoms. The van der Waals surface area contributed by atoms with E-state index in [9.17, 15) is 9.59 Å². The molecule has 7 heteroatoms. The molecule has 0 saturated carbocycles. The van der Waals surface area contributed by atoms with Crippen LogP contribution in [0.15, 0.2) is 0 Å². The molecule has 168 valence electrons. The third kappa shape index (κ3) is 32.1. The largest absolute Gasteiger partial charge is 0.432 e. The van der Waals surface area contributed by atoms with Gasteiger partial charge in [0.05, 0.1) is 0 Å². The molecule has 0 aromatic heterocycles. The first kappa shape index (κ1) is 38.7. The molecule has 4 nitrogen and oxygen atoms in total. The number of aliphatic hydroxyl groups excluding tert-OH is 2. The molecule has 0 spiro atoms. The quantitative estimate of drug-likeness (QED) is 0.342. The Hall–Kier alpha value is 1.16. The summed E-state index contributed by atoms with van der Waals surface area (Å²) in [7, 11) is -3.34. The molecule has 0 bridgehead atoms. The van der Waals surface area contributed by atoms with Gasteiger partial charge in [0, 0.05) is 39.4 Å². The Kier molecular flexibility index (Phi) is 36.1. The number of aliphatic hydroxyl groups is 2. The molecule has 0 saturated heterocycles. The summed E-state index contributed by atoms with van der Waals surface area (Å²) in [6.07, 6.45) is 0. The van der Waals surface area contributed by atoms with Gasteiger partial charge < -0.3 is 19.8 Å². The Balaban J connectivity index is -0.0000000807. The maximum absolute atomic E-state index is 9.58. The van der Waals surface area contributed by atoms with Crippen LogP contribution in [-0.4, -0.2) is 49.7 Å². The van der Waals surface area contributed by atoms with E-state index in [1.54, 1.807) is 0 Å². The third-order valence-electron chi connectivity index (χ3n) is 4.68. The van der Waals surface area contributed by atoms with Gasteiger partial charge in [-0.15, -0.1) is 0 Å². The van der Waals surface area contributed by atoms with Gasteiger partial charge >= 0.3 is 0 Å². The second kappa shape index (κ2) is 25.2. The molecule has 0 atom stereocenters. The summed E-state index contributed by atoms with van der Waals surface area (Å²) in [5, 5.41) is 16.3. The van der Waals surface area contributed by atoms with Crippen molar-refractivity contribution >= 4 is 16.6 Å². The fraction of sp³-hybridized carbons (Fsp3) is 1.00. The van der Waals surface area contributed by atoms with Crippen LogP contribution in [0.3, 0.4) is 0 Å². The first-order valence-corrected chi connectivity index (χ1v) is 15.7. The van der Waals surface area contributed by atoms with Gasteiger partial charge in [0.1, 0.15) is 0 Å². The second-order valence-electron chi connectivity index (χ2n) is 7.72. The molecule has 0 aliphatic carbocycles. The Morgan fingerprint density at radius 2 is 0.630 bits per heavy atom. The van der Waals surface area contributed by atoms with Crippen LogP contribution in [0.5, 0.6) is 0 Å². The Morgan fingerprint density at radius 1 is 0.519 bits per heavy atom. The molecular weight excluding hydrogens is 452 g/mol. The zero-order valence-electron chi connectivity index (χ0n) is 20.1. The van der Waals surface area contributed by atoms with Crippen molar-refractivity contribution in [1.82, 2.24) is 0 Å². The molecule has 0 unspecified atom stereocenters. The third-order valence-corrected chi connectivity index (χ3v) is 12.6. The molecule has 0 fully saturated rings. The van der Waals surface area contributed by atoms with Crippen molar-refractivity contribution in [2.45, 2.75) is 106 Å². The maximum Gasteiger partial charge on any atom is 0.187 e. The van der Waals surface area contributed by atoms with Crippen molar-refractivity contribution in [2.24, 2.45) is 11.8 Å². The van der Waals surface area contributed by atoms with Crippen LogP contribution in [0.25, 0.3) is 0 Å². The topological polar surface area (TPSA) is 80.9 Å². The van der Waals surface area contributed by atoms with E-state index in [1.165, 1.54) is 0 Å². The van der Waals surface area contributed by atoms with Gasteiger partial charge in [-0.3, -0.25) is 0 Å². The Labute approximate surface area is 192 Å². The van der Waals surface area contributed by atoms with E-state index in [0.717, 1.165) is 36.3 Å². The van der Waals surface area contributed by atoms with Crippen molar-refractivity contribution in [3.8, 4) is 0 Å². The number of rotatable bonds is 8. The van der Waals surface area contributed by atoms with Crippen LogP contribution < -0.4 is 0 Å². The first-order chi connectivity index (χ1) is 11.9. The van der Waals surface area contributed by atoms with Crippen molar-refractivity contribution in [1.29, 1.82) is 0 Å². The second-order valence-corrected chi connectivity index (χ2v) is 16.9.